The van der Waals surface area contributed by atoms with Gasteiger partial charge in [0.25, 0.3) is 0 Å². The Morgan fingerprint density at radius 1 is 0.841 bits per heavy atom. The number of methoxy groups -OCH3 is 2. The van der Waals surface area contributed by atoms with Crippen molar-refractivity contribution in [1.29, 1.82) is 0 Å². The van der Waals surface area contributed by atoms with Crippen LogP contribution in [0.2, 0.25) is 0 Å². The SMILES string of the molecule is C=CCC.COc1ccc(C(OC[C@]23CO[C@@H](C2O)[C@H](c2ccccc2C)O3)(c2ccccc2)c2ccc(OC)cc2)cc1. The van der Waals surface area contributed by atoms with Crippen LogP contribution in [0.1, 0.15) is 47.3 Å². The van der Waals surface area contributed by atoms with Crippen LogP contribution in [0, 0.1) is 6.92 Å². The molecule has 2 fully saturated rings. The van der Waals surface area contributed by atoms with Crippen LogP contribution in [-0.4, -0.2) is 50.3 Å². The molecule has 1 unspecified atom stereocenters. The molecule has 44 heavy (non-hydrogen) atoms. The third kappa shape index (κ3) is 5.91. The fraction of sp³-hybridized carbons (Fsp3) is 0.316. The van der Waals surface area contributed by atoms with E-state index in [4.69, 9.17) is 23.7 Å². The van der Waals surface area contributed by atoms with Gasteiger partial charge in [0.15, 0.2) is 0 Å². The summed E-state index contributed by atoms with van der Waals surface area (Å²) in [4.78, 5) is 0. The molecular formula is C38H42O6. The Balaban J connectivity index is 0.000000906. The van der Waals surface area contributed by atoms with Gasteiger partial charge in [-0.15, -0.1) is 6.58 Å². The number of allylic oxidation sites excluding steroid dienone is 1. The summed E-state index contributed by atoms with van der Waals surface area (Å²) in [5, 5.41) is 11.5. The minimum absolute atomic E-state index is 0.111. The van der Waals surface area contributed by atoms with Crippen molar-refractivity contribution >= 4 is 0 Å². The molecule has 0 radical (unpaired) electrons. The summed E-state index contributed by atoms with van der Waals surface area (Å²) in [6.07, 6.45) is 1.29. The lowest BCUT2D eigenvalue weighted by molar-refractivity contribution is -0.184. The van der Waals surface area contributed by atoms with Gasteiger partial charge >= 0.3 is 0 Å². The molecule has 4 atom stereocenters. The number of fused-ring (bicyclic) bond motifs is 2. The van der Waals surface area contributed by atoms with E-state index in [2.05, 4.69) is 25.6 Å². The topological polar surface area (TPSA) is 66.4 Å². The number of aliphatic hydroxyl groups excluding tert-OH is 1. The van der Waals surface area contributed by atoms with Crippen molar-refractivity contribution in [2.75, 3.05) is 27.4 Å². The molecule has 2 bridgehead atoms. The van der Waals surface area contributed by atoms with E-state index in [1.54, 1.807) is 14.2 Å². The molecule has 2 heterocycles. The second kappa shape index (κ2) is 13.8. The molecule has 0 aromatic heterocycles. The van der Waals surface area contributed by atoms with Crippen molar-refractivity contribution in [3.63, 3.8) is 0 Å². The van der Waals surface area contributed by atoms with Crippen LogP contribution >= 0.6 is 0 Å². The van der Waals surface area contributed by atoms with E-state index in [-0.39, 0.29) is 19.3 Å². The number of rotatable bonds is 10. The highest BCUT2D eigenvalue weighted by atomic mass is 16.7. The predicted molar refractivity (Wildman–Crippen MR) is 172 cm³/mol. The molecular weight excluding hydrogens is 552 g/mol. The largest absolute Gasteiger partial charge is 0.497 e. The molecule has 0 saturated carbocycles. The van der Waals surface area contributed by atoms with Crippen molar-refractivity contribution in [3.05, 3.63) is 144 Å². The van der Waals surface area contributed by atoms with E-state index in [1.165, 1.54) is 0 Å². The van der Waals surface area contributed by atoms with Crippen molar-refractivity contribution < 1.29 is 28.8 Å². The fourth-order valence-corrected chi connectivity index (χ4v) is 6.00. The van der Waals surface area contributed by atoms with Crippen LogP contribution in [0.4, 0.5) is 0 Å². The zero-order valence-corrected chi connectivity index (χ0v) is 25.9. The van der Waals surface area contributed by atoms with E-state index in [1.807, 2.05) is 104 Å². The van der Waals surface area contributed by atoms with E-state index in [0.717, 1.165) is 45.7 Å². The molecule has 2 aliphatic rings. The number of aliphatic hydroxyl groups is 1. The lowest BCUT2D eigenvalue weighted by Crippen LogP contribution is -2.48. The summed E-state index contributed by atoms with van der Waals surface area (Å²) in [6, 6.07) is 34.0. The minimum Gasteiger partial charge on any atom is -0.497 e. The minimum atomic E-state index is -1.02. The smallest absolute Gasteiger partial charge is 0.144 e. The van der Waals surface area contributed by atoms with Gasteiger partial charge in [-0.2, -0.15) is 0 Å². The van der Waals surface area contributed by atoms with Crippen LogP contribution in [-0.2, 0) is 19.8 Å². The Bertz CT molecular complexity index is 1450. The summed E-state index contributed by atoms with van der Waals surface area (Å²) >= 11 is 0. The number of benzene rings is 4. The first kappa shape index (κ1) is 31.5. The average Bonchev–Trinajstić information content (AvgIpc) is 3.55. The third-order valence-corrected chi connectivity index (χ3v) is 8.52. The molecule has 2 saturated heterocycles. The van der Waals surface area contributed by atoms with Crippen LogP contribution in [0.3, 0.4) is 0 Å². The second-order valence-electron chi connectivity index (χ2n) is 11.2. The average molecular weight is 595 g/mol. The Morgan fingerprint density at radius 2 is 1.36 bits per heavy atom. The van der Waals surface area contributed by atoms with Crippen LogP contribution in [0.5, 0.6) is 11.5 Å². The van der Waals surface area contributed by atoms with E-state index < -0.39 is 23.4 Å². The molecule has 6 nitrogen and oxygen atoms in total. The summed E-state index contributed by atoms with van der Waals surface area (Å²) in [7, 11) is 3.30. The molecule has 4 aromatic carbocycles. The quantitative estimate of drug-likeness (QED) is 0.155. The van der Waals surface area contributed by atoms with Gasteiger partial charge < -0.3 is 28.8 Å². The Morgan fingerprint density at radius 3 is 1.89 bits per heavy atom. The number of aryl methyl sites for hydroxylation is 1. The molecule has 0 aliphatic carbocycles. The van der Waals surface area contributed by atoms with Crippen LogP contribution in [0.15, 0.2) is 116 Å². The maximum Gasteiger partial charge on any atom is 0.144 e. The molecule has 0 amide bonds. The molecule has 230 valence electrons. The van der Waals surface area contributed by atoms with Gasteiger partial charge in [-0.05, 0) is 65.4 Å². The molecule has 6 heteroatoms. The zero-order chi connectivity index (χ0) is 31.2. The van der Waals surface area contributed by atoms with Gasteiger partial charge in [0.1, 0.15) is 41.0 Å². The first-order valence-electron chi connectivity index (χ1n) is 15.0. The summed E-state index contributed by atoms with van der Waals surface area (Å²) < 4.78 is 30.8. The first-order valence-corrected chi connectivity index (χ1v) is 15.0. The molecule has 4 aromatic rings. The van der Waals surface area contributed by atoms with Crippen LogP contribution < -0.4 is 9.47 Å². The lowest BCUT2D eigenvalue weighted by Gasteiger charge is -2.39. The summed E-state index contributed by atoms with van der Waals surface area (Å²) in [5.41, 5.74) is 2.86. The van der Waals surface area contributed by atoms with Crippen molar-refractivity contribution in [2.45, 2.75) is 49.8 Å². The van der Waals surface area contributed by atoms with Gasteiger partial charge in [0.2, 0.25) is 0 Å². The first-order chi connectivity index (χ1) is 21.4. The van der Waals surface area contributed by atoms with Gasteiger partial charge in [-0.3, -0.25) is 0 Å². The number of hydrogen-bond acceptors (Lipinski definition) is 6. The maximum atomic E-state index is 11.5. The van der Waals surface area contributed by atoms with Gasteiger partial charge in [0, 0.05) is 0 Å². The van der Waals surface area contributed by atoms with Crippen molar-refractivity contribution in [2.24, 2.45) is 0 Å². The fourth-order valence-electron chi connectivity index (χ4n) is 6.00. The Kier molecular flexibility index (Phi) is 9.87. The number of ether oxygens (including phenoxy) is 5. The third-order valence-electron chi connectivity index (χ3n) is 8.52. The van der Waals surface area contributed by atoms with E-state index >= 15 is 0 Å². The molecule has 1 N–H and O–H groups in total. The van der Waals surface area contributed by atoms with Gasteiger partial charge in [-0.1, -0.05) is 91.9 Å². The second-order valence-corrected chi connectivity index (χ2v) is 11.2. The normalized spacial score (nSPS) is 22.2. The lowest BCUT2D eigenvalue weighted by atomic mass is 9.79. The predicted octanol–water partition coefficient (Wildman–Crippen LogP) is 7.17. The van der Waals surface area contributed by atoms with Gasteiger partial charge in [-0.25, -0.2) is 0 Å². The standard InChI is InChI=1S/C34H34O6.C4H8/c1-23-9-7-8-12-29(23)30-31-32(35)33(40-30,21-38-31)22-39-34(24-10-5-4-6-11-24,25-13-17-27(36-2)18-14-25)26-15-19-28(37-3)20-16-26;1-3-4-2/h4-20,30-32,35H,21-22H2,1-3H3;3H,1,4H2,2H3/t30-,31+,32?,33+;/m0./s1. The van der Waals surface area contributed by atoms with E-state index in [0.29, 0.717) is 0 Å². The Labute approximate surface area is 260 Å². The van der Waals surface area contributed by atoms with E-state index in [9.17, 15) is 5.11 Å². The highest BCUT2D eigenvalue weighted by molar-refractivity contribution is 5.50. The zero-order valence-electron chi connectivity index (χ0n) is 25.9. The van der Waals surface area contributed by atoms with Crippen molar-refractivity contribution in [1.82, 2.24) is 0 Å². The van der Waals surface area contributed by atoms with Crippen LogP contribution in [0.25, 0.3) is 0 Å². The highest BCUT2D eigenvalue weighted by Gasteiger charge is 2.62. The summed E-state index contributed by atoms with van der Waals surface area (Å²) in [6.45, 7) is 7.95. The molecule has 2 aliphatic heterocycles. The monoisotopic (exact) mass is 594 g/mol. The number of hydrogen-bond donors (Lipinski definition) is 1. The maximum absolute atomic E-state index is 11.5. The van der Waals surface area contributed by atoms with Gasteiger partial charge in [0.05, 0.1) is 27.4 Å². The van der Waals surface area contributed by atoms with Crippen molar-refractivity contribution in [3.8, 4) is 11.5 Å². The highest BCUT2D eigenvalue weighted by Crippen LogP contribution is 2.50. The molecule has 0 spiro atoms. The molecule has 6 rings (SSSR count). The summed E-state index contributed by atoms with van der Waals surface area (Å²) in [5.74, 6) is 1.50. The Hall–Kier alpha value is -3.94.